The van der Waals surface area contributed by atoms with E-state index in [0.29, 0.717) is 17.7 Å². The molecule has 0 saturated heterocycles. The molecule has 0 aliphatic heterocycles. The number of hydrogen-bond acceptors (Lipinski definition) is 4. The molecule has 4 N–H and O–H groups in total. The molecule has 0 saturated carbocycles. The molecule has 3 atom stereocenters. The van der Waals surface area contributed by atoms with Crippen LogP contribution in [0, 0.1) is 11.6 Å². The van der Waals surface area contributed by atoms with E-state index < -0.39 is 29.9 Å². The van der Waals surface area contributed by atoms with Crippen LogP contribution in [0.1, 0.15) is 38.7 Å². The lowest BCUT2D eigenvalue weighted by atomic mass is 9.93. The molecule has 0 spiro atoms. The summed E-state index contributed by atoms with van der Waals surface area (Å²) in [4.78, 5) is 11.6. The Morgan fingerprint density at radius 1 is 1.23 bits per heavy atom. The van der Waals surface area contributed by atoms with E-state index in [-0.39, 0.29) is 18.9 Å². The molecule has 0 aromatic heterocycles. The molecule has 162 valence electrons. The molecule has 1 unspecified atom stereocenters. The minimum absolute atomic E-state index is 0.0689. The van der Waals surface area contributed by atoms with Gasteiger partial charge in [0.1, 0.15) is 11.6 Å². The van der Waals surface area contributed by atoms with Crippen molar-refractivity contribution in [3.8, 4) is 0 Å². The summed E-state index contributed by atoms with van der Waals surface area (Å²) in [7, 11) is 0. The normalized spacial score (nSPS) is 20.3. The number of fused-ring (bicyclic) bond motifs is 1. The van der Waals surface area contributed by atoms with Crippen LogP contribution in [0.25, 0.3) is 0 Å². The molecule has 0 bridgehead atoms. The molecule has 0 fully saturated rings. The summed E-state index contributed by atoms with van der Waals surface area (Å²) in [5.74, 6) is -1.78. The van der Waals surface area contributed by atoms with Crippen LogP contribution in [0.2, 0.25) is 0 Å². The summed E-state index contributed by atoms with van der Waals surface area (Å²) >= 11 is 0. The number of amides is 1. The van der Waals surface area contributed by atoms with Crippen molar-refractivity contribution < 1.29 is 23.8 Å². The number of nitrogens with one attached hydrogen (secondary N) is 2. The zero-order chi connectivity index (χ0) is 21.8. The van der Waals surface area contributed by atoms with Gasteiger partial charge >= 0.3 is 0 Å². The molecule has 1 amide bonds. The van der Waals surface area contributed by atoms with Gasteiger partial charge in [-0.2, -0.15) is 0 Å². The first-order valence-corrected chi connectivity index (χ1v) is 10.2. The summed E-state index contributed by atoms with van der Waals surface area (Å²) in [5.41, 5.74) is 4.44. The van der Waals surface area contributed by atoms with E-state index in [1.807, 2.05) is 6.08 Å². The third kappa shape index (κ3) is 5.34. The molecule has 30 heavy (non-hydrogen) atoms. The van der Waals surface area contributed by atoms with Crippen LogP contribution < -0.4 is 10.6 Å². The fraction of sp³-hybridized carbons (Fsp3) is 0.435. The van der Waals surface area contributed by atoms with Gasteiger partial charge < -0.3 is 20.8 Å². The first kappa shape index (κ1) is 22.2. The second-order valence-corrected chi connectivity index (χ2v) is 7.90. The van der Waals surface area contributed by atoms with E-state index in [4.69, 9.17) is 0 Å². The number of halogens is 2. The lowest BCUT2D eigenvalue weighted by Crippen LogP contribution is -2.48. The summed E-state index contributed by atoms with van der Waals surface area (Å²) in [6, 6.07) is 2.40. The van der Waals surface area contributed by atoms with Gasteiger partial charge in [0.25, 0.3) is 0 Å². The number of allylic oxidation sites excluding steroid dienone is 4. The summed E-state index contributed by atoms with van der Waals surface area (Å²) in [5, 5.41) is 27.0. The lowest BCUT2D eigenvalue weighted by Gasteiger charge is -2.26. The second kappa shape index (κ2) is 9.53. The molecule has 3 rings (SSSR count). The van der Waals surface area contributed by atoms with Crippen molar-refractivity contribution >= 4 is 5.91 Å². The number of hydrogen-bond donors (Lipinski definition) is 4. The van der Waals surface area contributed by atoms with Gasteiger partial charge in [0.2, 0.25) is 5.91 Å². The smallest absolute Gasteiger partial charge is 0.217 e. The van der Waals surface area contributed by atoms with Gasteiger partial charge in [0, 0.05) is 31.7 Å². The molecular weight excluding hydrogens is 390 g/mol. The molecule has 2 aliphatic carbocycles. The maximum atomic E-state index is 13.5. The first-order valence-electron chi connectivity index (χ1n) is 10.2. The Morgan fingerprint density at radius 3 is 2.57 bits per heavy atom. The van der Waals surface area contributed by atoms with Crippen LogP contribution in [0.4, 0.5) is 8.78 Å². The van der Waals surface area contributed by atoms with Gasteiger partial charge in [-0.15, -0.1) is 0 Å². The maximum Gasteiger partial charge on any atom is 0.217 e. The predicted molar refractivity (Wildman–Crippen MR) is 110 cm³/mol. The number of rotatable bonds is 8. The van der Waals surface area contributed by atoms with Crippen molar-refractivity contribution in [2.75, 3.05) is 6.54 Å². The Bertz CT molecular complexity index is 887. The van der Waals surface area contributed by atoms with Crippen molar-refractivity contribution in [3.63, 3.8) is 0 Å². The van der Waals surface area contributed by atoms with Gasteiger partial charge in [-0.25, -0.2) is 8.78 Å². The highest BCUT2D eigenvalue weighted by Gasteiger charge is 2.30. The molecule has 5 nitrogen and oxygen atoms in total. The van der Waals surface area contributed by atoms with Crippen LogP contribution in [0.3, 0.4) is 0 Å². The number of carbonyl (C=O) groups excluding carboxylic acids is 1. The van der Waals surface area contributed by atoms with Gasteiger partial charge in [-0.05, 0) is 48.1 Å². The number of benzene rings is 1. The zero-order valence-electron chi connectivity index (χ0n) is 17.2. The van der Waals surface area contributed by atoms with Crippen LogP contribution in [0.5, 0.6) is 0 Å². The van der Waals surface area contributed by atoms with Crippen LogP contribution in [0.15, 0.2) is 52.8 Å². The highest BCUT2D eigenvalue weighted by Crippen LogP contribution is 2.38. The number of carbonyl (C=O) groups is 1. The lowest BCUT2D eigenvalue weighted by molar-refractivity contribution is -0.120. The Balaban J connectivity index is 1.71. The maximum absolute atomic E-state index is 13.5. The quantitative estimate of drug-likeness (QED) is 0.523. The third-order valence-corrected chi connectivity index (χ3v) is 5.57. The topological polar surface area (TPSA) is 81.6 Å². The third-order valence-electron chi connectivity index (χ3n) is 5.57. The second-order valence-electron chi connectivity index (χ2n) is 7.90. The van der Waals surface area contributed by atoms with Crippen LogP contribution in [-0.4, -0.2) is 40.9 Å². The summed E-state index contributed by atoms with van der Waals surface area (Å²) in [6.07, 6.45) is 4.71. The largest absolute Gasteiger partial charge is 0.389 e. The highest BCUT2D eigenvalue weighted by atomic mass is 19.1. The SMILES string of the molecule is CCC1=CC=C2CC(O)C(NC[C@@H](O)[C@H](Cc3cc(F)cc(F)c3)NC(C)=O)=C2C1. The van der Waals surface area contributed by atoms with Gasteiger partial charge in [-0.3, -0.25) is 4.79 Å². The van der Waals surface area contributed by atoms with Crippen molar-refractivity contribution in [2.45, 2.75) is 57.8 Å². The Morgan fingerprint density at radius 2 is 1.93 bits per heavy atom. The first-order chi connectivity index (χ1) is 14.3. The fourth-order valence-electron chi connectivity index (χ4n) is 4.04. The minimum Gasteiger partial charge on any atom is -0.389 e. The van der Waals surface area contributed by atoms with Gasteiger partial charge in [-0.1, -0.05) is 24.6 Å². The molecule has 1 aromatic carbocycles. The molecule has 0 heterocycles. The molecule has 1 aromatic rings. The van der Waals surface area contributed by atoms with E-state index in [9.17, 15) is 23.8 Å². The van der Waals surface area contributed by atoms with Crippen molar-refractivity contribution in [2.24, 2.45) is 0 Å². The van der Waals surface area contributed by atoms with Gasteiger partial charge in [0.15, 0.2) is 0 Å². The van der Waals surface area contributed by atoms with Crippen molar-refractivity contribution in [1.29, 1.82) is 0 Å². The number of aliphatic hydroxyl groups is 2. The summed E-state index contributed by atoms with van der Waals surface area (Å²) < 4.78 is 27.0. The van der Waals surface area contributed by atoms with E-state index >= 15 is 0 Å². The van der Waals surface area contributed by atoms with Gasteiger partial charge in [0.05, 0.1) is 18.2 Å². The monoisotopic (exact) mass is 418 g/mol. The summed E-state index contributed by atoms with van der Waals surface area (Å²) in [6.45, 7) is 3.49. The van der Waals surface area contributed by atoms with E-state index in [1.165, 1.54) is 24.6 Å². The van der Waals surface area contributed by atoms with Crippen molar-refractivity contribution in [3.05, 3.63) is 70.0 Å². The van der Waals surface area contributed by atoms with E-state index in [1.54, 1.807) is 0 Å². The van der Waals surface area contributed by atoms with Crippen molar-refractivity contribution in [1.82, 2.24) is 10.6 Å². The van der Waals surface area contributed by atoms with Crippen LogP contribution in [-0.2, 0) is 11.2 Å². The predicted octanol–water partition coefficient (Wildman–Crippen LogP) is 2.65. The average Bonchev–Trinajstić information content (AvgIpc) is 2.98. The minimum atomic E-state index is -1.03. The molecule has 2 aliphatic rings. The molecule has 0 radical (unpaired) electrons. The van der Waals surface area contributed by atoms with E-state index in [0.717, 1.165) is 30.1 Å². The molecular formula is C23H28F2N2O3. The fourth-order valence-corrected chi connectivity index (χ4v) is 4.04. The average molecular weight is 418 g/mol. The number of aliphatic hydroxyl groups excluding tert-OH is 2. The zero-order valence-corrected chi connectivity index (χ0v) is 17.2. The van der Waals surface area contributed by atoms with E-state index in [2.05, 4.69) is 23.6 Å². The Kier molecular flexibility index (Phi) is 7.05. The Labute approximate surface area is 175 Å². The van der Waals surface area contributed by atoms with Crippen LogP contribution >= 0.6 is 0 Å². The molecule has 7 heteroatoms. The Hall–Kier alpha value is -2.51. The standard InChI is InChI=1S/C23H28F2N2O3/c1-3-14-4-5-16-10-21(29)23(19(16)8-14)26-12-22(30)20(27-13(2)28)9-15-6-17(24)11-18(25)7-15/h4-7,11,20-22,26,29-30H,3,8-10,12H2,1-2H3,(H,27,28)/t20-,21?,22+/m0/s1. The highest BCUT2D eigenvalue weighted by molar-refractivity contribution is 5.73.